The first-order chi connectivity index (χ1) is 5.39. The van der Waals surface area contributed by atoms with E-state index >= 15 is 0 Å². The second kappa shape index (κ2) is 2.42. The van der Waals surface area contributed by atoms with Crippen molar-refractivity contribution in [3.05, 3.63) is 11.1 Å². The maximum atomic E-state index is 10.9. The minimum Gasteiger partial charge on any atom is -0.418 e. The van der Waals surface area contributed by atoms with Crippen molar-refractivity contribution in [1.29, 1.82) is 0 Å². The van der Waals surface area contributed by atoms with Crippen molar-refractivity contribution in [3.63, 3.8) is 0 Å². The molecule has 1 aliphatic rings. The van der Waals surface area contributed by atoms with Crippen LogP contribution in [0.15, 0.2) is 11.1 Å². The molecule has 0 aromatic heterocycles. The molecule has 0 bridgehead atoms. The van der Waals surface area contributed by atoms with Crippen LogP contribution in [-0.4, -0.2) is 22.6 Å². The van der Waals surface area contributed by atoms with Crippen LogP contribution in [-0.2, 0) is 14.3 Å². The molecule has 0 amide bonds. The van der Waals surface area contributed by atoms with Crippen molar-refractivity contribution in [2.45, 2.75) is 26.6 Å². The lowest BCUT2D eigenvalue weighted by atomic mass is 10.0. The molecular formula is C8H10O4. The number of esters is 1. The molecule has 0 radical (unpaired) electrons. The SMILES string of the molecule is CC(=O)C1(O)OC(=O)C(C)=C1C. The molecular weight excluding hydrogens is 160 g/mol. The van der Waals surface area contributed by atoms with Gasteiger partial charge in [-0.25, -0.2) is 4.79 Å². The molecule has 12 heavy (non-hydrogen) atoms. The monoisotopic (exact) mass is 170 g/mol. The zero-order chi connectivity index (χ0) is 9.52. The minimum atomic E-state index is -2.01. The Bertz CT molecular complexity index is 289. The van der Waals surface area contributed by atoms with E-state index in [0.717, 1.165) is 0 Å². The fraction of sp³-hybridized carbons (Fsp3) is 0.500. The summed E-state index contributed by atoms with van der Waals surface area (Å²) >= 11 is 0. The van der Waals surface area contributed by atoms with E-state index in [0.29, 0.717) is 5.57 Å². The van der Waals surface area contributed by atoms with Gasteiger partial charge in [0.2, 0.25) is 5.78 Å². The Morgan fingerprint density at radius 1 is 1.50 bits per heavy atom. The summed E-state index contributed by atoms with van der Waals surface area (Å²) in [5.74, 6) is -3.23. The van der Waals surface area contributed by atoms with Crippen LogP contribution < -0.4 is 0 Å². The third-order valence-electron chi connectivity index (χ3n) is 2.09. The van der Waals surface area contributed by atoms with Crippen molar-refractivity contribution in [2.24, 2.45) is 0 Å². The Balaban J connectivity index is 3.17. The average molecular weight is 170 g/mol. The highest BCUT2D eigenvalue weighted by Gasteiger charge is 2.46. The van der Waals surface area contributed by atoms with Gasteiger partial charge in [0.1, 0.15) is 0 Å². The maximum Gasteiger partial charge on any atom is 0.337 e. The largest absolute Gasteiger partial charge is 0.418 e. The van der Waals surface area contributed by atoms with Crippen molar-refractivity contribution in [1.82, 2.24) is 0 Å². The molecule has 0 aliphatic carbocycles. The lowest BCUT2D eigenvalue weighted by Gasteiger charge is -2.18. The topological polar surface area (TPSA) is 63.6 Å². The molecule has 0 aromatic carbocycles. The van der Waals surface area contributed by atoms with Gasteiger partial charge < -0.3 is 9.84 Å². The molecule has 0 fully saturated rings. The van der Waals surface area contributed by atoms with Crippen molar-refractivity contribution in [2.75, 3.05) is 0 Å². The molecule has 0 aromatic rings. The van der Waals surface area contributed by atoms with E-state index in [9.17, 15) is 14.7 Å². The van der Waals surface area contributed by atoms with Crippen LogP contribution in [0.5, 0.6) is 0 Å². The van der Waals surface area contributed by atoms with E-state index < -0.39 is 17.5 Å². The van der Waals surface area contributed by atoms with Gasteiger partial charge in [-0.3, -0.25) is 4.79 Å². The van der Waals surface area contributed by atoms with Gasteiger partial charge in [-0.15, -0.1) is 0 Å². The summed E-state index contributed by atoms with van der Waals surface area (Å²) in [7, 11) is 0. The molecule has 1 N–H and O–H groups in total. The van der Waals surface area contributed by atoms with E-state index in [-0.39, 0.29) is 5.57 Å². The number of aliphatic hydroxyl groups is 1. The fourth-order valence-electron chi connectivity index (χ4n) is 1.03. The molecule has 66 valence electrons. The van der Waals surface area contributed by atoms with Crippen LogP contribution in [0.1, 0.15) is 20.8 Å². The van der Waals surface area contributed by atoms with Crippen LogP contribution >= 0.6 is 0 Å². The van der Waals surface area contributed by atoms with Gasteiger partial charge in [-0.05, 0) is 13.8 Å². The normalized spacial score (nSPS) is 29.2. The molecule has 1 rings (SSSR count). The van der Waals surface area contributed by atoms with Gasteiger partial charge in [-0.2, -0.15) is 0 Å². The van der Waals surface area contributed by atoms with E-state index in [1.807, 2.05) is 0 Å². The first-order valence-corrected chi connectivity index (χ1v) is 3.54. The number of Topliss-reactive ketones (excluding diaryl/α,β-unsaturated/α-hetero) is 1. The molecule has 1 heterocycles. The average Bonchev–Trinajstić information content (AvgIpc) is 2.17. The number of carbonyl (C=O) groups excluding carboxylic acids is 2. The lowest BCUT2D eigenvalue weighted by Crippen LogP contribution is -2.38. The van der Waals surface area contributed by atoms with Gasteiger partial charge in [0.05, 0.1) is 0 Å². The molecule has 4 heteroatoms. The van der Waals surface area contributed by atoms with Gasteiger partial charge >= 0.3 is 5.97 Å². The summed E-state index contributed by atoms with van der Waals surface area (Å²) in [5, 5.41) is 9.53. The smallest absolute Gasteiger partial charge is 0.337 e. The van der Waals surface area contributed by atoms with Crippen molar-refractivity contribution >= 4 is 11.8 Å². The zero-order valence-electron chi connectivity index (χ0n) is 7.17. The van der Waals surface area contributed by atoms with E-state index in [1.54, 1.807) is 0 Å². The number of ketones is 1. The highest BCUT2D eigenvalue weighted by Crippen LogP contribution is 2.30. The van der Waals surface area contributed by atoms with Gasteiger partial charge in [0.15, 0.2) is 0 Å². The first-order valence-electron chi connectivity index (χ1n) is 3.54. The molecule has 1 aliphatic heterocycles. The Morgan fingerprint density at radius 3 is 2.17 bits per heavy atom. The number of carbonyl (C=O) groups is 2. The molecule has 4 nitrogen and oxygen atoms in total. The summed E-state index contributed by atoms with van der Waals surface area (Å²) in [6, 6.07) is 0. The van der Waals surface area contributed by atoms with Gasteiger partial charge in [0, 0.05) is 18.1 Å². The van der Waals surface area contributed by atoms with Crippen LogP contribution in [0.25, 0.3) is 0 Å². The third-order valence-corrected chi connectivity index (χ3v) is 2.09. The number of rotatable bonds is 1. The Hall–Kier alpha value is -1.16. The highest BCUT2D eigenvalue weighted by molar-refractivity contribution is 6.00. The second-order valence-corrected chi connectivity index (χ2v) is 2.84. The highest BCUT2D eigenvalue weighted by atomic mass is 16.7. The standard InChI is InChI=1S/C8H10O4/c1-4-5(2)8(11,6(3)9)12-7(4)10/h11H,1-3H3. The predicted molar refractivity (Wildman–Crippen MR) is 40.1 cm³/mol. The number of cyclic esters (lactones) is 1. The molecule has 1 atom stereocenters. The minimum absolute atomic E-state index is 0.278. The third kappa shape index (κ3) is 0.956. The molecule has 1 unspecified atom stereocenters. The van der Waals surface area contributed by atoms with Crippen LogP contribution in [0.3, 0.4) is 0 Å². The lowest BCUT2D eigenvalue weighted by molar-refractivity contribution is -0.187. The van der Waals surface area contributed by atoms with Gasteiger partial charge in [-0.1, -0.05) is 0 Å². The Morgan fingerprint density at radius 2 is 2.00 bits per heavy atom. The summed E-state index contributed by atoms with van der Waals surface area (Å²) < 4.78 is 4.53. The quantitative estimate of drug-likeness (QED) is 0.569. The van der Waals surface area contributed by atoms with Crippen LogP contribution in [0, 0.1) is 0 Å². The summed E-state index contributed by atoms with van der Waals surface area (Å²) in [6.45, 7) is 4.19. The van der Waals surface area contributed by atoms with E-state index in [4.69, 9.17) is 0 Å². The fourth-order valence-corrected chi connectivity index (χ4v) is 1.03. The summed E-state index contributed by atoms with van der Waals surface area (Å²) in [5.41, 5.74) is 0.577. The van der Waals surface area contributed by atoms with E-state index in [2.05, 4.69) is 4.74 Å². The Kier molecular flexibility index (Phi) is 1.80. The molecule has 0 saturated heterocycles. The number of ether oxygens (including phenoxy) is 1. The van der Waals surface area contributed by atoms with Crippen molar-refractivity contribution in [3.8, 4) is 0 Å². The molecule has 0 saturated carbocycles. The van der Waals surface area contributed by atoms with Crippen molar-refractivity contribution < 1.29 is 19.4 Å². The maximum absolute atomic E-state index is 10.9. The van der Waals surface area contributed by atoms with Crippen LogP contribution in [0.2, 0.25) is 0 Å². The first kappa shape index (κ1) is 8.93. The van der Waals surface area contributed by atoms with Crippen LogP contribution in [0.4, 0.5) is 0 Å². The second-order valence-electron chi connectivity index (χ2n) is 2.84. The summed E-state index contributed by atoms with van der Waals surface area (Å²) in [4.78, 5) is 21.8. The number of hydrogen-bond acceptors (Lipinski definition) is 4. The molecule has 0 spiro atoms. The van der Waals surface area contributed by atoms with Gasteiger partial charge in [0.25, 0.3) is 5.79 Å². The van der Waals surface area contributed by atoms with E-state index in [1.165, 1.54) is 20.8 Å². The number of hydrogen-bond donors (Lipinski definition) is 1. The Labute approximate surface area is 69.8 Å². The predicted octanol–water partition coefficient (Wildman–Crippen LogP) is 0.157. The zero-order valence-corrected chi connectivity index (χ0v) is 7.17. The summed E-state index contributed by atoms with van der Waals surface area (Å²) in [6.07, 6.45) is 0.